The molecule has 1 heterocycles. The monoisotopic (exact) mass is 428 g/mol. The first-order chi connectivity index (χ1) is 13.0. The molecule has 0 saturated carbocycles. The van der Waals surface area contributed by atoms with Crippen molar-refractivity contribution in [3.63, 3.8) is 0 Å². The molecule has 0 bridgehead atoms. The van der Waals surface area contributed by atoms with E-state index in [4.69, 9.17) is 0 Å². The van der Waals surface area contributed by atoms with Crippen molar-refractivity contribution in [2.75, 3.05) is 0 Å². The van der Waals surface area contributed by atoms with Crippen LogP contribution in [0.2, 0.25) is 0 Å². The van der Waals surface area contributed by atoms with Crippen LogP contribution in [-0.4, -0.2) is 14.5 Å². The average Bonchev–Trinajstić information content (AvgIpc) is 3.14. The van der Waals surface area contributed by atoms with Crippen molar-refractivity contribution < 1.29 is 13.2 Å². The SMILES string of the molecule is FC(F)(F)c1cccc(-c2cc(-c3ccccc3)[se]c2-c2ccccc2)c1. The summed E-state index contributed by atoms with van der Waals surface area (Å²) in [5.74, 6) is 0. The van der Waals surface area contributed by atoms with E-state index in [0.29, 0.717) is 5.56 Å². The molecule has 0 saturated heterocycles. The third kappa shape index (κ3) is 3.78. The summed E-state index contributed by atoms with van der Waals surface area (Å²) < 4.78 is 41.9. The number of hydrogen-bond acceptors (Lipinski definition) is 0. The fourth-order valence-electron chi connectivity index (χ4n) is 3.02. The van der Waals surface area contributed by atoms with Crippen LogP contribution in [0.3, 0.4) is 0 Å². The second-order valence-corrected chi connectivity index (χ2v) is 8.37. The van der Waals surface area contributed by atoms with Gasteiger partial charge in [-0.05, 0) is 0 Å². The van der Waals surface area contributed by atoms with Crippen molar-refractivity contribution in [2.24, 2.45) is 0 Å². The number of hydrogen-bond donors (Lipinski definition) is 0. The summed E-state index contributed by atoms with van der Waals surface area (Å²) in [6.07, 6.45) is -4.35. The quantitative estimate of drug-likeness (QED) is 0.317. The molecule has 0 radical (unpaired) electrons. The topological polar surface area (TPSA) is 0 Å². The van der Waals surface area contributed by atoms with Crippen LogP contribution < -0.4 is 0 Å². The van der Waals surface area contributed by atoms with Gasteiger partial charge in [0, 0.05) is 0 Å². The molecule has 4 rings (SSSR count). The molecule has 0 N–H and O–H groups in total. The van der Waals surface area contributed by atoms with E-state index < -0.39 is 11.7 Å². The van der Waals surface area contributed by atoms with Crippen LogP contribution in [-0.2, 0) is 6.18 Å². The van der Waals surface area contributed by atoms with E-state index in [2.05, 4.69) is 0 Å². The predicted molar refractivity (Wildman–Crippen MR) is 105 cm³/mol. The molecule has 0 aliphatic carbocycles. The van der Waals surface area contributed by atoms with Crippen LogP contribution in [0.25, 0.3) is 31.1 Å². The summed E-state index contributed by atoms with van der Waals surface area (Å²) in [5.41, 5.74) is 3.05. The van der Waals surface area contributed by atoms with Crippen molar-refractivity contribution in [1.29, 1.82) is 0 Å². The molecule has 0 spiro atoms. The van der Waals surface area contributed by atoms with Gasteiger partial charge in [-0.2, -0.15) is 0 Å². The molecule has 0 nitrogen and oxygen atoms in total. The van der Waals surface area contributed by atoms with Gasteiger partial charge in [-0.25, -0.2) is 0 Å². The Balaban J connectivity index is 1.90. The van der Waals surface area contributed by atoms with Crippen LogP contribution in [0.4, 0.5) is 13.2 Å². The van der Waals surface area contributed by atoms with Gasteiger partial charge in [0.25, 0.3) is 0 Å². The Bertz CT molecular complexity index is 1050. The van der Waals surface area contributed by atoms with Gasteiger partial charge in [-0.1, -0.05) is 0 Å². The average molecular weight is 427 g/mol. The summed E-state index contributed by atoms with van der Waals surface area (Å²) in [4.78, 5) is 0. The van der Waals surface area contributed by atoms with Crippen LogP contribution in [0, 0.1) is 0 Å². The maximum absolute atomic E-state index is 13.2. The zero-order valence-electron chi connectivity index (χ0n) is 14.2. The molecule has 0 fully saturated rings. The first-order valence-corrected chi connectivity index (χ1v) is 10.2. The van der Waals surface area contributed by atoms with Crippen LogP contribution in [0.15, 0.2) is 91.0 Å². The summed E-state index contributed by atoms with van der Waals surface area (Å²) in [7, 11) is 0. The van der Waals surface area contributed by atoms with Gasteiger partial charge in [0.2, 0.25) is 0 Å². The Kier molecular flexibility index (Phi) is 4.77. The Morgan fingerprint density at radius 3 is 1.81 bits per heavy atom. The molecule has 0 aliphatic rings. The van der Waals surface area contributed by atoms with Gasteiger partial charge in [0.05, 0.1) is 0 Å². The molecule has 27 heavy (non-hydrogen) atoms. The molecule has 134 valence electrons. The number of rotatable bonds is 3. The summed E-state index contributed by atoms with van der Waals surface area (Å²) in [6, 6.07) is 27.6. The van der Waals surface area contributed by atoms with E-state index in [1.54, 1.807) is 6.07 Å². The van der Waals surface area contributed by atoms with Crippen LogP contribution in [0.5, 0.6) is 0 Å². The van der Waals surface area contributed by atoms with Gasteiger partial charge in [0.1, 0.15) is 0 Å². The van der Waals surface area contributed by atoms with E-state index in [-0.39, 0.29) is 14.5 Å². The van der Waals surface area contributed by atoms with Crippen LogP contribution >= 0.6 is 0 Å². The minimum atomic E-state index is -4.35. The fraction of sp³-hybridized carbons (Fsp3) is 0.0435. The van der Waals surface area contributed by atoms with Gasteiger partial charge >= 0.3 is 162 Å². The van der Waals surface area contributed by atoms with E-state index in [1.165, 1.54) is 16.6 Å². The molecule has 3 aromatic carbocycles. The van der Waals surface area contributed by atoms with Crippen molar-refractivity contribution in [3.8, 4) is 31.1 Å². The fourth-order valence-corrected chi connectivity index (χ4v) is 5.52. The Morgan fingerprint density at radius 1 is 0.593 bits per heavy atom. The van der Waals surface area contributed by atoms with E-state index in [9.17, 15) is 13.2 Å². The molecular formula is C23H15F3Se. The standard InChI is InChI=1S/C23H15F3Se/c24-23(25,26)19-13-7-12-18(14-19)20-15-21(16-8-3-1-4-9-16)27-22(20)17-10-5-2-6-11-17/h1-15H. The summed E-state index contributed by atoms with van der Waals surface area (Å²) >= 11 is 0.0201. The Morgan fingerprint density at radius 2 is 1.19 bits per heavy atom. The third-order valence-corrected chi connectivity index (χ3v) is 6.91. The maximum atomic E-state index is 13.2. The Hall–Kier alpha value is -2.55. The van der Waals surface area contributed by atoms with Crippen molar-refractivity contribution >= 4 is 14.5 Å². The summed E-state index contributed by atoms with van der Waals surface area (Å²) in [6.45, 7) is 0. The van der Waals surface area contributed by atoms with Gasteiger partial charge in [0.15, 0.2) is 0 Å². The third-order valence-electron chi connectivity index (χ3n) is 4.33. The zero-order chi connectivity index (χ0) is 18.9. The van der Waals surface area contributed by atoms with E-state index >= 15 is 0 Å². The second-order valence-electron chi connectivity index (χ2n) is 6.16. The van der Waals surface area contributed by atoms with Crippen molar-refractivity contribution in [2.45, 2.75) is 6.18 Å². The molecular weight excluding hydrogens is 412 g/mol. The molecule has 0 aliphatic heterocycles. The van der Waals surface area contributed by atoms with E-state index in [1.807, 2.05) is 66.7 Å². The van der Waals surface area contributed by atoms with Gasteiger partial charge in [-0.15, -0.1) is 0 Å². The minimum absolute atomic E-state index is 0.0201. The van der Waals surface area contributed by atoms with Crippen LogP contribution in [0.1, 0.15) is 5.56 Å². The zero-order valence-corrected chi connectivity index (χ0v) is 15.9. The predicted octanol–water partition coefficient (Wildman–Crippen LogP) is 6.76. The number of alkyl halides is 3. The molecule has 0 amide bonds. The number of benzene rings is 3. The molecule has 0 atom stereocenters. The first kappa shape index (κ1) is 17.8. The van der Waals surface area contributed by atoms with Crippen molar-refractivity contribution in [3.05, 3.63) is 96.6 Å². The normalized spacial score (nSPS) is 11.5. The molecule has 4 aromatic rings. The molecule has 1 aromatic heterocycles. The number of halogens is 3. The Labute approximate surface area is 161 Å². The van der Waals surface area contributed by atoms with Gasteiger partial charge < -0.3 is 0 Å². The second kappa shape index (κ2) is 7.22. The van der Waals surface area contributed by atoms with E-state index in [0.717, 1.165) is 27.2 Å². The summed E-state index contributed by atoms with van der Waals surface area (Å²) in [5, 5.41) is 0. The molecule has 4 heteroatoms. The van der Waals surface area contributed by atoms with Gasteiger partial charge in [-0.3, -0.25) is 0 Å². The molecule has 0 unspecified atom stereocenters. The van der Waals surface area contributed by atoms with Crippen molar-refractivity contribution in [1.82, 2.24) is 0 Å². The first-order valence-electron chi connectivity index (χ1n) is 8.45.